The van der Waals surface area contributed by atoms with Gasteiger partial charge >= 0.3 is 0 Å². The first-order valence-corrected chi connectivity index (χ1v) is 8.81. The highest BCUT2D eigenvalue weighted by Gasteiger charge is 2.11. The molecule has 0 atom stereocenters. The van der Waals surface area contributed by atoms with Crippen LogP contribution < -0.4 is 5.32 Å². The van der Waals surface area contributed by atoms with Crippen LogP contribution >= 0.6 is 22.9 Å². The molecule has 0 unspecified atom stereocenters. The molecule has 2 aromatic heterocycles. The Bertz CT molecular complexity index is 1050. The zero-order valence-corrected chi connectivity index (χ0v) is 14.8. The Kier molecular flexibility index (Phi) is 4.42. The van der Waals surface area contributed by atoms with Gasteiger partial charge in [-0.1, -0.05) is 29.8 Å². The predicted molar refractivity (Wildman–Crippen MR) is 99.7 cm³/mol. The zero-order valence-electron chi connectivity index (χ0n) is 13.2. The minimum absolute atomic E-state index is 0.253. The van der Waals surface area contributed by atoms with E-state index in [-0.39, 0.29) is 5.91 Å². The van der Waals surface area contributed by atoms with Gasteiger partial charge in [-0.15, -0.1) is 16.4 Å². The second-order valence-electron chi connectivity index (χ2n) is 5.30. The number of nitrogens with one attached hydrogen (secondary N) is 1. The second kappa shape index (κ2) is 7.03. The lowest BCUT2D eigenvalue weighted by molar-refractivity contribution is 0.102. The van der Waals surface area contributed by atoms with E-state index in [1.165, 1.54) is 22.3 Å². The lowest BCUT2D eigenvalue weighted by atomic mass is 10.2. The quantitative estimate of drug-likeness (QED) is 0.581. The highest BCUT2D eigenvalue weighted by molar-refractivity contribution is 7.14. The van der Waals surface area contributed by atoms with E-state index in [1.807, 2.05) is 23.6 Å². The van der Waals surface area contributed by atoms with Gasteiger partial charge in [0.1, 0.15) is 6.33 Å². The van der Waals surface area contributed by atoms with Gasteiger partial charge in [0.25, 0.3) is 5.91 Å². The number of nitrogens with zero attached hydrogens (tertiary/aromatic N) is 5. The lowest BCUT2D eigenvalue weighted by Gasteiger charge is -2.04. The van der Waals surface area contributed by atoms with Crippen molar-refractivity contribution in [2.45, 2.75) is 0 Å². The molecule has 4 rings (SSSR count). The molecule has 128 valence electrons. The number of amides is 1. The Morgan fingerprint density at radius 3 is 2.77 bits per heavy atom. The molecule has 26 heavy (non-hydrogen) atoms. The van der Waals surface area contributed by atoms with E-state index in [2.05, 4.69) is 25.8 Å². The number of thiazole rings is 1. The van der Waals surface area contributed by atoms with E-state index in [1.54, 1.807) is 30.3 Å². The molecule has 0 aliphatic heterocycles. The summed E-state index contributed by atoms with van der Waals surface area (Å²) >= 11 is 7.26. The molecular weight excluding hydrogens is 372 g/mol. The number of tetrazole rings is 1. The van der Waals surface area contributed by atoms with Crippen LogP contribution in [0.25, 0.3) is 16.9 Å². The van der Waals surface area contributed by atoms with Crippen LogP contribution in [0.4, 0.5) is 5.13 Å². The third kappa shape index (κ3) is 3.46. The van der Waals surface area contributed by atoms with Crippen molar-refractivity contribution in [1.29, 1.82) is 0 Å². The fourth-order valence-corrected chi connectivity index (χ4v) is 3.16. The Hall–Kier alpha value is -3.10. The third-order valence-electron chi connectivity index (χ3n) is 3.59. The number of carbonyl (C=O) groups is 1. The first kappa shape index (κ1) is 16.4. The molecule has 0 fully saturated rings. The van der Waals surface area contributed by atoms with Crippen molar-refractivity contribution in [3.8, 4) is 16.9 Å². The summed E-state index contributed by atoms with van der Waals surface area (Å²) < 4.78 is 1.48. The van der Waals surface area contributed by atoms with Crippen LogP contribution in [0.5, 0.6) is 0 Å². The Morgan fingerprint density at radius 1 is 1.15 bits per heavy atom. The molecule has 2 heterocycles. The molecule has 1 amide bonds. The first-order chi connectivity index (χ1) is 12.7. The molecule has 7 nitrogen and oxygen atoms in total. The van der Waals surface area contributed by atoms with Gasteiger partial charge in [0, 0.05) is 21.5 Å². The summed E-state index contributed by atoms with van der Waals surface area (Å²) in [6, 6.07) is 14.4. The number of rotatable bonds is 4. The van der Waals surface area contributed by atoms with E-state index < -0.39 is 0 Å². The summed E-state index contributed by atoms with van der Waals surface area (Å²) in [6.07, 6.45) is 1.47. The molecule has 4 aromatic rings. The number of benzene rings is 2. The molecule has 0 aliphatic carbocycles. The summed E-state index contributed by atoms with van der Waals surface area (Å²) in [6.45, 7) is 0. The maximum Gasteiger partial charge on any atom is 0.257 e. The minimum Gasteiger partial charge on any atom is -0.298 e. The number of halogens is 1. The van der Waals surface area contributed by atoms with E-state index >= 15 is 0 Å². The first-order valence-electron chi connectivity index (χ1n) is 7.55. The highest BCUT2D eigenvalue weighted by Crippen LogP contribution is 2.26. The Labute approximate surface area is 157 Å². The average Bonchev–Trinajstić information content (AvgIpc) is 3.34. The van der Waals surface area contributed by atoms with Crippen molar-refractivity contribution in [2.75, 3.05) is 5.32 Å². The normalized spacial score (nSPS) is 10.7. The van der Waals surface area contributed by atoms with Crippen molar-refractivity contribution in [3.05, 3.63) is 70.8 Å². The smallest absolute Gasteiger partial charge is 0.257 e. The average molecular weight is 383 g/mol. The number of hydrogen-bond acceptors (Lipinski definition) is 6. The van der Waals surface area contributed by atoms with Gasteiger partial charge in [0.2, 0.25) is 0 Å². The van der Waals surface area contributed by atoms with Crippen LogP contribution in [-0.4, -0.2) is 31.1 Å². The van der Waals surface area contributed by atoms with Crippen molar-refractivity contribution >= 4 is 34.0 Å². The van der Waals surface area contributed by atoms with Crippen molar-refractivity contribution in [2.24, 2.45) is 0 Å². The van der Waals surface area contributed by atoms with Crippen LogP contribution in [0.15, 0.2) is 60.2 Å². The number of carbonyl (C=O) groups excluding carboxylic acids is 1. The van der Waals surface area contributed by atoms with Crippen LogP contribution in [-0.2, 0) is 0 Å². The minimum atomic E-state index is -0.253. The maximum absolute atomic E-state index is 12.5. The van der Waals surface area contributed by atoms with E-state index in [0.29, 0.717) is 21.4 Å². The molecule has 0 aliphatic rings. The largest absolute Gasteiger partial charge is 0.298 e. The fourth-order valence-electron chi connectivity index (χ4n) is 2.32. The Balaban J connectivity index is 1.52. The van der Waals surface area contributed by atoms with Crippen LogP contribution in [0.3, 0.4) is 0 Å². The van der Waals surface area contributed by atoms with Gasteiger partial charge in [0.05, 0.1) is 11.4 Å². The number of anilines is 1. The van der Waals surface area contributed by atoms with Gasteiger partial charge in [-0.05, 0) is 40.8 Å². The van der Waals surface area contributed by atoms with Gasteiger partial charge < -0.3 is 0 Å². The molecule has 9 heteroatoms. The summed E-state index contributed by atoms with van der Waals surface area (Å²) in [4.78, 5) is 17.0. The number of aromatic nitrogens is 5. The fraction of sp³-hybridized carbons (Fsp3) is 0. The van der Waals surface area contributed by atoms with Crippen molar-refractivity contribution in [1.82, 2.24) is 25.2 Å². The van der Waals surface area contributed by atoms with Crippen LogP contribution in [0, 0.1) is 0 Å². The maximum atomic E-state index is 12.5. The van der Waals surface area contributed by atoms with Gasteiger partial charge in [-0.3, -0.25) is 10.1 Å². The van der Waals surface area contributed by atoms with Crippen molar-refractivity contribution < 1.29 is 4.79 Å². The SMILES string of the molecule is O=C(Nc1nc(-c2ccc(Cl)cc2)cs1)c1cccc(-n2cnnn2)c1. The molecule has 0 radical (unpaired) electrons. The van der Waals surface area contributed by atoms with Crippen molar-refractivity contribution in [3.63, 3.8) is 0 Å². The summed E-state index contributed by atoms with van der Waals surface area (Å²) in [5.74, 6) is -0.253. The summed E-state index contributed by atoms with van der Waals surface area (Å²) in [5, 5.41) is 16.9. The third-order valence-corrected chi connectivity index (χ3v) is 4.60. The topological polar surface area (TPSA) is 85.6 Å². The second-order valence-corrected chi connectivity index (χ2v) is 6.60. The summed E-state index contributed by atoms with van der Waals surface area (Å²) in [7, 11) is 0. The summed E-state index contributed by atoms with van der Waals surface area (Å²) in [5.41, 5.74) is 2.90. The van der Waals surface area contributed by atoms with E-state index in [9.17, 15) is 4.79 Å². The zero-order chi connectivity index (χ0) is 17.9. The van der Waals surface area contributed by atoms with E-state index in [4.69, 9.17) is 11.6 Å². The standard InChI is InChI=1S/C17H11ClN6OS/c18-13-6-4-11(5-7-13)15-9-26-17(20-15)21-16(25)12-2-1-3-14(8-12)24-10-19-22-23-24/h1-10H,(H,20,21,25). The predicted octanol–water partition coefficient (Wildman–Crippen LogP) is 3.69. The molecule has 0 saturated carbocycles. The molecule has 0 saturated heterocycles. The molecular formula is C17H11ClN6OS. The van der Waals surface area contributed by atoms with E-state index in [0.717, 1.165) is 11.3 Å². The molecule has 0 spiro atoms. The number of hydrogen-bond donors (Lipinski definition) is 1. The molecule has 0 bridgehead atoms. The highest BCUT2D eigenvalue weighted by atomic mass is 35.5. The van der Waals surface area contributed by atoms with Crippen LogP contribution in [0.2, 0.25) is 5.02 Å². The van der Waals surface area contributed by atoms with Gasteiger partial charge in [0.15, 0.2) is 5.13 Å². The van der Waals surface area contributed by atoms with Gasteiger partial charge in [-0.2, -0.15) is 0 Å². The Morgan fingerprint density at radius 2 is 2.00 bits per heavy atom. The van der Waals surface area contributed by atoms with Gasteiger partial charge in [-0.25, -0.2) is 9.67 Å². The molecule has 2 aromatic carbocycles. The lowest BCUT2D eigenvalue weighted by Crippen LogP contribution is -2.12. The monoisotopic (exact) mass is 382 g/mol. The van der Waals surface area contributed by atoms with Crippen LogP contribution in [0.1, 0.15) is 10.4 Å². The molecule has 1 N–H and O–H groups in total.